The van der Waals surface area contributed by atoms with E-state index in [1.807, 2.05) is 35.3 Å². The van der Waals surface area contributed by atoms with Gasteiger partial charge >= 0.3 is 0 Å². The predicted molar refractivity (Wildman–Crippen MR) is 75.9 cm³/mol. The highest BCUT2D eigenvalue weighted by molar-refractivity contribution is 7.71. The second kappa shape index (κ2) is 4.89. The Morgan fingerprint density at radius 2 is 2.26 bits per heavy atom. The van der Waals surface area contributed by atoms with Crippen molar-refractivity contribution in [3.05, 3.63) is 41.7 Å². The molecule has 0 saturated heterocycles. The van der Waals surface area contributed by atoms with E-state index in [1.165, 1.54) is 0 Å². The normalized spacial score (nSPS) is 11.0. The third-order valence-electron chi connectivity index (χ3n) is 3.12. The standard InChI is InChI=1S/C13H14N4OS/c1-18-10-2-3-12-11(8-10)15-13(19)17(12)7-6-16-5-4-14-9-16/h2-5,8-9H,6-7H2,1H3,(H,15,19). The van der Waals surface area contributed by atoms with Crippen molar-refractivity contribution in [1.82, 2.24) is 19.1 Å². The molecule has 0 spiro atoms. The van der Waals surface area contributed by atoms with Crippen molar-refractivity contribution < 1.29 is 4.74 Å². The molecule has 0 saturated carbocycles. The lowest BCUT2D eigenvalue weighted by molar-refractivity contribution is 0.415. The van der Waals surface area contributed by atoms with Gasteiger partial charge in [0.25, 0.3) is 0 Å². The van der Waals surface area contributed by atoms with Gasteiger partial charge in [-0.25, -0.2) is 4.98 Å². The zero-order valence-corrected chi connectivity index (χ0v) is 11.4. The number of hydrogen-bond acceptors (Lipinski definition) is 3. The third-order valence-corrected chi connectivity index (χ3v) is 3.44. The van der Waals surface area contributed by atoms with Crippen molar-refractivity contribution in [2.24, 2.45) is 0 Å². The fourth-order valence-corrected chi connectivity index (χ4v) is 2.43. The van der Waals surface area contributed by atoms with Crippen LogP contribution in [0.4, 0.5) is 0 Å². The Bertz CT molecular complexity index is 742. The molecule has 0 aliphatic rings. The lowest BCUT2D eigenvalue weighted by Gasteiger charge is -2.06. The number of aromatic nitrogens is 4. The molecule has 0 fully saturated rings. The van der Waals surface area contributed by atoms with Gasteiger partial charge in [-0.1, -0.05) is 0 Å². The summed E-state index contributed by atoms with van der Waals surface area (Å²) >= 11 is 5.37. The number of benzene rings is 1. The van der Waals surface area contributed by atoms with E-state index in [1.54, 1.807) is 13.3 Å². The summed E-state index contributed by atoms with van der Waals surface area (Å²) in [6.07, 6.45) is 5.53. The first kappa shape index (κ1) is 12.0. The average Bonchev–Trinajstić information content (AvgIpc) is 3.02. The fourth-order valence-electron chi connectivity index (χ4n) is 2.13. The largest absolute Gasteiger partial charge is 0.497 e. The van der Waals surface area contributed by atoms with Crippen LogP contribution in [0.15, 0.2) is 36.9 Å². The first-order chi connectivity index (χ1) is 9.28. The second-order valence-corrected chi connectivity index (χ2v) is 4.65. The zero-order valence-electron chi connectivity index (χ0n) is 10.5. The molecule has 0 bridgehead atoms. The summed E-state index contributed by atoms with van der Waals surface area (Å²) in [6.45, 7) is 1.65. The van der Waals surface area contributed by atoms with Crippen LogP contribution in [0.5, 0.6) is 5.75 Å². The van der Waals surface area contributed by atoms with E-state index in [0.29, 0.717) is 0 Å². The highest BCUT2D eigenvalue weighted by Crippen LogP contribution is 2.20. The summed E-state index contributed by atoms with van der Waals surface area (Å²) in [5.74, 6) is 0.825. The van der Waals surface area contributed by atoms with E-state index in [4.69, 9.17) is 17.0 Å². The lowest BCUT2D eigenvalue weighted by Crippen LogP contribution is -2.05. The zero-order chi connectivity index (χ0) is 13.2. The van der Waals surface area contributed by atoms with Gasteiger partial charge in [0.05, 0.1) is 24.5 Å². The predicted octanol–water partition coefficient (Wildman–Crippen LogP) is 2.60. The number of ether oxygens (including phenoxy) is 1. The topological polar surface area (TPSA) is 47.8 Å². The van der Waals surface area contributed by atoms with E-state index >= 15 is 0 Å². The number of fused-ring (bicyclic) bond motifs is 1. The number of hydrogen-bond donors (Lipinski definition) is 1. The van der Waals surface area contributed by atoms with Crippen molar-refractivity contribution in [1.29, 1.82) is 0 Å². The minimum atomic E-state index is 0.725. The van der Waals surface area contributed by atoms with Crippen molar-refractivity contribution in [3.8, 4) is 5.75 Å². The monoisotopic (exact) mass is 274 g/mol. The number of methoxy groups -OCH3 is 1. The van der Waals surface area contributed by atoms with Gasteiger partial charge in [-0.2, -0.15) is 0 Å². The van der Waals surface area contributed by atoms with Gasteiger partial charge < -0.3 is 18.9 Å². The van der Waals surface area contributed by atoms with E-state index in [0.717, 1.165) is 34.6 Å². The minimum absolute atomic E-state index is 0.725. The maximum Gasteiger partial charge on any atom is 0.178 e. The number of nitrogens with one attached hydrogen (secondary N) is 1. The van der Waals surface area contributed by atoms with Crippen LogP contribution in [-0.2, 0) is 13.1 Å². The molecule has 0 radical (unpaired) electrons. The Morgan fingerprint density at radius 3 is 3.00 bits per heavy atom. The highest BCUT2D eigenvalue weighted by atomic mass is 32.1. The summed E-state index contributed by atoms with van der Waals surface area (Å²) in [6, 6.07) is 5.92. The summed E-state index contributed by atoms with van der Waals surface area (Å²) < 4.78 is 10.1. The first-order valence-corrected chi connectivity index (χ1v) is 6.41. The van der Waals surface area contributed by atoms with Gasteiger partial charge in [0, 0.05) is 31.5 Å². The van der Waals surface area contributed by atoms with Crippen LogP contribution in [0, 0.1) is 4.77 Å². The van der Waals surface area contributed by atoms with Crippen molar-refractivity contribution in [2.75, 3.05) is 7.11 Å². The van der Waals surface area contributed by atoms with Crippen LogP contribution in [0.2, 0.25) is 0 Å². The molecule has 0 atom stereocenters. The molecule has 3 rings (SSSR count). The molecule has 2 heterocycles. The van der Waals surface area contributed by atoms with E-state index in [2.05, 4.69) is 14.5 Å². The Labute approximate surface area is 115 Å². The molecule has 1 N–H and O–H groups in total. The van der Waals surface area contributed by atoms with Crippen LogP contribution in [0.25, 0.3) is 11.0 Å². The van der Waals surface area contributed by atoms with Gasteiger partial charge in [-0.15, -0.1) is 0 Å². The van der Waals surface area contributed by atoms with Gasteiger partial charge in [0.15, 0.2) is 4.77 Å². The van der Waals surface area contributed by atoms with Crippen molar-refractivity contribution in [3.63, 3.8) is 0 Å². The maximum atomic E-state index is 5.37. The molecule has 19 heavy (non-hydrogen) atoms. The Hall–Kier alpha value is -2.08. The number of aromatic amines is 1. The molecule has 5 nitrogen and oxygen atoms in total. The Morgan fingerprint density at radius 1 is 1.37 bits per heavy atom. The second-order valence-electron chi connectivity index (χ2n) is 4.27. The van der Waals surface area contributed by atoms with Crippen LogP contribution in [-0.4, -0.2) is 26.2 Å². The van der Waals surface area contributed by atoms with Crippen molar-refractivity contribution in [2.45, 2.75) is 13.1 Å². The number of rotatable bonds is 4. The van der Waals surface area contributed by atoms with E-state index in [-0.39, 0.29) is 0 Å². The number of aryl methyl sites for hydroxylation is 2. The smallest absolute Gasteiger partial charge is 0.178 e. The molecule has 3 aromatic rings. The van der Waals surface area contributed by atoms with Crippen molar-refractivity contribution >= 4 is 23.3 Å². The number of imidazole rings is 2. The fraction of sp³-hybridized carbons (Fsp3) is 0.231. The van der Waals surface area contributed by atoms with Gasteiger partial charge in [0.1, 0.15) is 5.75 Å². The molecule has 0 aliphatic carbocycles. The summed E-state index contributed by atoms with van der Waals surface area (Å²) in [5.41, 5.74) is 2.08. The SMILES string of the molecule is COc1ccc2c(c1)[nH]c(=S)n2CCn1ccnc1. The first-order valence-electron chi connectivity index (χ1n) is 6.00. The number of nitrogens with zero attached hydrogens (tertiary/aromatic N) is 3. The molecule has 1 aromatic carbocycles. The quantitative estimate of drug-likeness (QED) is 0.744. The molecular weight excluding hydrogens is 260 g/mol. The lowest BCUT2D eigenvalue weighted by atomic mass is 10.3. The minimum Gasteiger partial charge on any atom is -0.497 e. The summed E-state index contributed by atoms with van der Waals surface area (Å²) in [5, 5.41) is 0. The van der Waals surface area contributed by atoms with Crippen LogP contribution in [0.1, 0.15) is 0 Å². The molecule has 0 aliphatic heterocycles. The van der Waals surface area contributed by atoms with Gasteiger partial charge in [0.2, 0.25) is 0 Å². The Balaban J connectivity index is 1.94. The molecule has 98 valence electrons. The van der Waals surface area contributed by atoms with Crippen LogP contribution < -0.4 is 4.74 Å². The third kappa shape index (κ3) is 2.26. The molecule has 0 amide bonds. The Kier molecular flexibility index (Phi) is 3.08. The number of H-pyrrole nitrogens is 1. The maximum absolute atomic E-state index is 5.37. The molecule has 2 aromatic heterocycles. The van der Waals surface area contributed by atoms with E-state index < -0.39 is 0 Å². The highest BCUT2D eigenvalue weighted by Gasteiger charge is 2.05. The van der Waals surface area contributed by atoms with E-state index in [9.17, 15) is 0 Å². The summed E-state index contributed by atoms with van der Waals surface area (Å²) in [7, 11) is 1.66. The average molecular weight is 274 g/mol. The van der Waals surface area contributed by atoms with Crippen LogP contribution >= 0.6 is 12.2 Å². The molecular formula is C13H14N4OS. The summed E-state index contributed by atoms with van der Waals surface area (Å²) in [4.78, 5) is 7.24. The van der Waals surface area contributed by atoms with Crippen LogP contribution in [0.3, 0.4) is 0 Å². The molecule has 6 heteroatoms. The van der Waals surface area contributed by atoms with Gasteiger partial charge in [-0.05, 0) is 24.4 Å². The van der Waals surface area contributed by atoms with Gasteiger partial charge in [-0.3, -0.25) is 0 Å². The molecule has 0 unspecified atom stereocenters.